The summed E-state index contributed by atoms with van der Waals surface area (Å²) in [4.78, 5) is 24.7. The van der Waals surface area contributed by atoms with Crippen molar-refractivity contribution in [2.45, 2.75) is 33.4 Å². The van der Waals surface area contributed by atoms with Gasteiger partial charge in [0.1, 0.15) is 12.4 Å². The predicted molar refractivity (Wildman–Crippen MR) is 115 cm³/mol. The lowest BCUT2D eigenvalue weighted by Crippen LogP contribution is -2.45. The zero-order valence-corrected chi connectivity index (χ0v) is 18.0. The maximum Gasteiger partial charge on any atom is 0.338 e. The summed E-state index contributed by atoms with van der Waals surface area (Å²) in [5.41, 5.74) is 2.50. The van der Waals surface area contributed by atoms with Gasteiger partial charge < -0.3 is 20.1 Å². The highest BCUT2D eigenvalue weighted by Gasteiger charge is 2.32. The summed E-state index contributed by atoms with van der Waals surface area (Å²) in [6, 6.07) is 13.9. The number of amides is 2. The molecule has 1 heterocycles. The summed E-state index contributed by atoms with van der Waals surface area (Å²) in [5.74, 6) is 0.253. The van der Waals surface area contributed by atoms with E-state index >= 15 is 0 Å². The van der Waals surface area contributed by atoms with Crippen LogP contribution in [0.3, 0.4) is 0 Å². The molecule has 1 unspecified atom stereocenters. The van der Waals surface area contributed by atoms with Gasteiger partial charge in [-0.1, -0.05) is 61.8 Å². The zero-order chi connectivity index (χ0) is 21.7. The van der Waals surface area contributed by atoms with Crippen molar-refractivity contribution in [3.63, 3.8) is 0 Å². The van der Waals surface area contributed by atoms with Crippen molar-refractivity contribution < 1.29 is 19.1 Å². The van der Waals surface area contributed by atoms with E-state index in [4.69, 9.17) is 21.1 Å². The smallest absolute Gasteiger partial charge is 0.338 e. The molecule has 1 atom stereocenters. The molecule has 30 heavy (non-hydrogen) atoms. The Morgan fingerprint density at radius 2 is 1.90 bits per heavy atom. The van der Waals surface area contributed by atoms with Crippen LogP contribution >= 0.6 is 11.6 Å². The van der Waals surface area contributed by atoms with Crippen LogP contribution in [0.2, 0.25) is 5.02 Å². The highest BCUT2D eigenvalue weighted by molar-refractivity contribution is 6.32. The lowest BCUT2D eigenvalue weighted by Gasteiger charge is -2.28. The molecule has 0 bridgehead atoms. The van der Waals surface area contributed by atoms with Gasteiger partial charge in [-0.15, -0.1) is 0 Å². The summed E-state index contributed by atoms with van der Waals surface area (Å²) >= 11 is 6.43. The van der Waals surface area contributed by atoms with Gasteiger partial charge >= 0.3 is 12.0 Å². The standard InChI is InChI=1S/C23H25ClN2O4/c1-14(2)12-30-22(27)20-15(3)25-23(28)26-21(20)17-9-10-19(18(24)11-17)29-13-16-7-5-4-6-8-16/h4-11,14,21H,12-13H2,1-3H3,(H2,25,26,28). The number of urea groups is 1. The fraction of sp³-hybridized carbons (Fsp3) is 0.304. The van der Waals surface area contributed by atoms with Crippen molar-refractivity contribution in [2.24, 2.45) is 5.92 Å². The molecule has 7 heteroatoms. The Morgan fingerprint density at radius 1 is 1.17 bits per heavy atom. The highest BCUT2D eigenvalue weighted by Crippen LogP contribution is 2.33. The quantitative estimate of drug-likeness (QED) is 0.624. The summed E-state index contributed by atoms with van der Waals surface area (Å²) in [5, 5.41) is 5.80. The van der Waals surface area contributed by atoms with Gasteiger partial charge in [0.15, 0.2) is 0 Å². The first-order valence-corrected chi connectivity index (χ1v) is 10.1. The van der Waals surface area contributed by atoms with E-state index in [2.05, 4.69) is 10.6 Å². The monoisotopic (exact) mass is 428 g/mol. The number of nitrogens with one attached hydrogen (secondary N) is 2. The molecule has 2 aromatic carbocycles. The van der Waals surface area contributed by atoms with Crippen molar-refractivity contribution in [3.05, 3.63) is 76.0 Å². The fourth-order valence-electron chi connectivity index (χ4n) is 3.08. The van der Waals surface area contributed by atoms with Crippen LogP contribution < -0.4 is 15.4 Å². The number of hydrogen-bond acceptors (Lipinski definition) is 4. The summed E-state index contributed by atoms with van der Waals surface area (Å²) in [6.07, 6.45) is 0. The SMILES string of the molecule is CC1=C(C(=O)OCC(C)C)C(c2ccc(OCc3ccccc3)c(Cl)c2)NC(=O)N1. The van der Waals surface area contributed by atoms with E-state index < -0.39 is 18.0 Å². The molecule has 0 aromatic heterocycles. The van der Waals surface area contributed by atoms with Crippen LogP contribution in [-0.2, 0) is 16.1 Å². The number of halogens is 1. The minimum Gasteiger partial charge on any atom is -0.487 e. The summed E-state index contributed by atoms with van der Waals surface area (Å²) < 4.78 is 11.2. The van der Waals surface area contributed by atoms with E-state index in [1.807, 2.05) is 44.2 Å². The molecule has 0 fully saturated rings. The van der Waals surface area contributed by atoms with E-state index in [1.54, 1.807) is 25.1 Å². The minimum absolute atomic E-state index is 0.204. The van der Waals surface area contributed by atoms with E-state index in [9.17, 15) is 9.59 Å². The van der Waals surface area contributed by atoms with Crippen LogP contribution in [0.1, 0.15) is 37.9 Å². The highest BCUT2D eigenvalue weighted by atomic mass is 35.5. The number of esters is 1. The number of allylic oxidation sites excluding steroid dienone is 1. The van der Waals surface area contributed by atoms with Gasteiger partial charge in [0.25, 0.3) is 0 Å². The van der Waals surface area contributed by atoms with E-state index in [0.29, 0.717) is 40.8 Å². The lowest BCUT2D eigenvalue weighted by molar-refractivity contribution is -0.140. The van der Waals surface area contributed by atoms with E-state index in [1.165, 1.54) is 0 Å². The molecular weight excluding hydrogens is 404 g/mol. The average molecular weight is 429 g/mol. The Balaban J connectivity index is 1.81. The van der Waals surface area contributed by atoms with Crippen molar-refractivity contribution in [1.29, 1.82) is 0 Å². The summed E-state index contributed by atoms with van der Waals surface area (Å²) in [6.45, 7) is 6.28. The molecule has 0 spiro atoms. The van der Waals surface area contributed by atoms with Gasteiger partial charge in [0.05, 0.1) is 23.2 Å². The van der Waals surface area contributed by atoms with Gasteiger partial charge in [-0.2, -0.15) is 0 Å². The van der Waals surface area contributed by atoms with Crippen LogP contribution in [0.5, 0.6) is 5.75 Å². The van der Waals surface area contributed by atoms with Crippen LogP contribution in [0.15, 0.2) is 59.8 Å². The molecule has 6 nitrogen and oxygen atoms in total. The maximum absolute atomic E-state index is 12.7. The first-order valence-electron chi connectivity index (χ1n) is 9.76. The molecule has 1 aliphatic heterocycles. The molecule has 2 amide bonds. The number of carbonyl (C=O) groups is 2. The Morgan fingerprint density at radius 3 is 2.57 bits per heavy atom. The molecule has 0 radical (unpaired) electrons. The van der Waals surface area contributed by atoms with Crippen LogP contribution in [0.25, 0.3) is 0 Å². The van der Waals surface area contributed by atoms with Gasteiger partial charge in [-0.05, 0) is 36.1 Å². The number of hydrogen-bond donors (Lipinski definition) is 2. The molecule has 3 rings (SSSR count). The van der Waals surface area contributed by atoms with Crippen LogP contribution in [0, 0.1) is 5.92 Å². The predicted octanol–water partition coefficient (Wildman–Crippen LogP) is 4.75. The Labute approximate surface area is 181 Å². The largest absolute Gasteiger partial charge is 0.487 e. The molecule has 0 saturated carbocycles. The van der Waals surface area contributed by atoms with Gasteiger partial charge in [0.2, 0.25) is 0 Å². The van der Waals surface area contributed by atoms with Crippen molar-refractivity contribution in [2.75, 3.05) is 6.61 Å². The van der Waals surface area contributed by atoms with Crippen molar-refractivity contribution >= 4 is 23.6 Å². The molecule has 1 aliphatic rings. The maximum atomic E-state index is 12.7. The van der Waals surface area contributed by atoms with E-state index in [-0.39, 0.29) is 5.92 Å². The molecule has 2 N–H and O–H groups in total. The third kappa shape index (κ3) is 5.33. The Hall–Kier alpha value is -2.99. The van der Waals surface area contributed by atoms with E-state index in [0.717, 1.165) is 5.56 Å². The second-order valence-corrected chi connectivity index (χ2v) is 7.93. The molecule has 0 aliphatic carbocycles. The molecule has 2 aromatic rings. The zero-order valence-electron chi connectivity index (χ0n) is 17.2. The first-order chi connectivity index (χ1) is 14.3. The summed E-state index contributed by atoms with van der Waals surface area (Å²) in [7, 11) is 0. The second-order valence-electron chi connectivity index (χ2n) is 7.53. The van der Waals surface area contributed by atoms with Crippen molar-refractivity contribution in [1.82, 2.24) is 10.6 Å². The average Bonchev–Trinajstić information content (AvgIpc) is 2.71. The molecule has 0 saturated heterocycles. The first kappa shape index (κ1) is 21.7. The Kier molecular flexibility index (Phi) is 7.00. The van der Waals surface area contributed by atoms with Gasteiger partial charge in [-0.25, -0.2) is 9.59 Å². The number of ether oxygens (including phenoxy) is 2. The topological polar surface area (TPSA) is 76.7 Å². The number of carbonyl (C=O) groups excluding carboxylic acids is 2. The van der Waals surface area contributed by atoms with Gasteiger partial charge in [-0.3, -0.25) is 0 Å². The second kappa shape index (κ2) is 9.67. The Bertz CT molecular complexity index is 957. The third-order valence-electron chi connectivity index (χ3n) is 4.56. The van der Waals surface area contributed by atoms with Crippen molar-refractivity contribution in [3.8, 4) is 5.75 Å². The van der Waals surface area contributed by atoms with Crippen LogP contribution in [0.4, 0.5) is 4.79 Å². The minimum atomic E-state index is -0.668. The third-order valence-corrected chi connectivity index (χ3v) is 4.86. The lowest BCUT2D eigenvalue weighted by atomic mass is 9.95. The number of benzene rings is 2. The fourth-order valence-corrected chi connectivity index (χ4v) is 3.33. The molecular formula is C23H25ClN2O4. The molecule has 158 valence electrons. The van der Waals surface area contributed by atoms with Gasteiger partial charge in [0, 0.05) is 5.70 Å². The number of rotatable bonds is 7. The normalized spacial score (nSPS) is 16.2. The van der Waals surface area contributed by atoms with Crippen LogP contribution in [-0.4, -0.2) is 18.6 Å².